The lowest BCUT2D eigenvalue weighted by Crippen LogP contribution is -3.11. The Bertz CT molecular complexity index is 809. The number of ether oxygens (including phenoxy) is 2. The Morgan fingerprint density at radius 3 is 2.34 bits per heavy atom. The number of anilines is 1. The van der Waals surface area contributed by atoms with Crippen molar-refractivity contribution in [2.75, 3.05) is 31.6 Å². The number of quaternary nitrogens is 1. The molecule has 0 aliphatic rings. The predicted octanol–water partition coefficient (Wildman–Crippen LogP) is 2.62. The molecule has 156 valence electrons. The second-order valence-corrected chi connectivity index (χ2v) is 6.28. The Hall–Kier alpha value is -3.00. The molecule has 0 fully saturated rings. The number of benzene rings is 2. The third-order valence-electron chi connectivity index (χ3n) is 4.39. The molecular formula is C21H25F2N2O4+. The first-order valence-corrected chi connectivity index (χ1v) is 9.39. The maximum absolute atomic E-state index is 12.3. The summed E-state index contributed by atoms with van der Waals surface area (Å²) in [6.45, 7) is 4.23. The van der Waals surface area contributed by atoms with Crippen LogP contribution in [0.1, 0.15) is 34.6 Å². The third kappa shape index (κ3) is 7.15. The number of amides is 1. The number of likely N-dealkylation sites (N-methyl/N-ethyl adjacent to an activating group) is 1. The zero-order valence-corrected chi connectivity index (χ0v) is 16.4. The van der Waals surface area contributed by atoms with Crippen molar-refractivity contribution >= 4 is 17.6 Å². The summed E-state index contributed by atoms with van der Waals surface area (Å²) in [6.07, 6.45) is 0. The fourth-order valence-electron chi connectivity index (χ4n) is 2.68. The molecular weight excluding hydrogens is 382 g/mol. The minimum absolute atomic E-state index is 0.0997. The first-order valence-electron chi connectivity index (χ1n) is 9.39. The normalized spacial score (nSPS) is 10.8. The largest absolute Gasteiger partial charge is 0.456 e. The fourth-order valence-corrected chi connectivity index (χ4v) is 2.68. The van der Waals surface area contributed by atoms with Crippen molar-refractivity contribution in [3.63, 3.8) is 0 Å². The lowest BCUT2D eigenvalue weighted by molar-refractivity contribution is -0.896. The van der Waals surface area contributed by atoms with Gasteiger partial charge in [-0.05, 0) is 56.3 Å². The van der Waals surface area contributed by atoms with Gasteiger partial charge < -0.3 is 19.7 Å². The summed E-state index contributed by atoms with van der Waals surface area (Å²) in [4.78, 5) is 25.7. The molecule has 0 aromatic heterocycles. The first-order chi connectivity index (χ1) is 13.9. The molecule has 2 aromatic rings. The van der Waals surface area contributed by atoms with E-state index in [4.69, 9.17) is 4.74 Å². The van der Waals surface area contributed by atoms with Crippen molar-refractivity contribution in [1.82, 2.24) is 0 Å². The van der Waals surface area contributed by atoms with Gasteiger partial charge in [-0.25, -0.2) is 4.79 Å². The van der Waals surface area contributed by atoms with Gasteiger partial charge in [-0.1, -0.05) is 6.07 Å². The van der Waals surface area contributed by atoms with E-state index in [9.17, 15) is 18.4 Å². The molecule has 0 radical (unpaired) electrons. The highest BCUT2D eigenvalue weighted by Gasteiger charge is 2.12. The molecule has 0 heterocycles. The molecule has 0 atom stereocenters. The summed E-state index contributed by atoms with van der Waals surface area (Å²) < 4.78 is 34.2. The molecule has 6 nitrogen and oxygen atoms in total. The lowest BCUT2D eigenvalue weighted by atomic mass is 10.1. The van der Waals surface area contributed by atoms with E-state index < -0.39 is 18.5 Å². The van der Waals surface area contributed by atoms with E-state index >= 15 is 0 Å². The first kappa shape index (κ1) is 22.3. The van der Waals surface area contributed by atoms with Crippen LogP contribution in [-0.4, -0.2) is 44.7 Å². The molecule has 2 aromatic carbocycles. The maximum Gasteiger partial charge on any atom is 0.387 e. The molecule has 1 amide bonds. The minimum atomic E-state index is -2.96. The van der Waals surface area contributed by atoms with Gasteiger partial charge in [0.25, 0.3) is 5.91 Å². The van der Waals surface area contributed by atoms with Crippen molar-refractivity contribution in [1.29, 1.82) is 0 Å². The zero-order chi connectivity index (χ0) is 21.2. The Kier molecular flexibility index (Phi) is 8.54. The van der Waals surface area contributed by atoms with Crippen LogP contribution in [0.5, 0.6) is 5.75 Å². The Morgan fingerprint density at radius 1 is 1.03 bits per heavy atom. The second-order valence-electron chi connectivity index (χ2n) is 6.28. The van der Waals surface area contributed by atoms with E-state index in [0.29, 0.717) is 17.9 Å². The van der Waals surface area contributed by atoms with E-state index in [1.165, 1.54) is 29.2 Å². The highest BCUT2D eigenvalue weighted by molar-refractivity contribution is 6.04. The molecule has 8 heteroatoms. The Labute approximate surface area is 168 Å². The van der Waals surface area contributed by atoms with Crippen LogP contribution in [0.3, 0.4) is 0 Å². The molecule has 0 spiro atoms. The van der Waals surface area contributed by atoms with Crippen molar-refractivity contribution < 1.29 is 32.7 Å². The van der Waals surface area contributed by atoms with Crippen molar-refractivity contribution in [3.05, 3.63) is 59.7 Å². The highest BCUT2D eigenvalue weighted by Crippen LogP contribution is 2.18. The van der Waals surface area contributed by atoms with Crippen LogP contribution in [-0.2, 0) is 4.74 Å². The average molecular weight is 407 g/mol. The predicted molar refractivity (Wildman–Crippen MR) is 105 cm³/mol. The van der Waals surface area contributed by atoms with E-state index in [-0.39, 0.29) is 11.3 Å². The van der Waals surface area contributed by atoms with Gasteiger partial charge in [-0.2, -0.15) is 8.78 Å². The van der Waals surface area contributed by atoms with E-state index in [1.807, 2.05) is 0 Å². The Balaban J connectivity index is 1.91. The molecule has 29 heavy (non-hydrogen) atoms. The second kappa shape index (κ2) is 11.1. The monoisotopic (exact) mass is 407 g/mol. The summed E-state index contributed by atoms with van der Waals surface area (Å²) >= 11 is 0. The lowest BCUT2D eigenvalue weighted by Gasteiger charge is -2.15. The van der Waals surface area contributed by atoms with Crippen LogP contribution in [0.2, 0.25) is 0 Å². The quantitative estimate of drug-likeness (QED) is 0.594. The number of hydrogen-bond acceptors (Lipinski definition) is 4. The van der Waals surface area contributed by atoms with Crippen LogP contribution in [0, 0.1) is 0 Å². The van der Waals surface area contributed by atoms with Crippen LogP contribution in [0.15, 0.2) is 48.5 Å². The van der Waals surface area contributed by atoms with Crippen molar-refractivity contribution in [2.45, 2.75) is 20.5 Å². The summed E-state index contributed by atoms with van der Waals surface area (Å²) in [7, 11) is 0. The number of nitrogens with one attached hydrogen (secondary N) is 2. The molecule has 0 saturated carbocycles. The van der Waals surface area contributed by atoms with Crippen LogP contribution < -0.4 is 15.0 Å². The molecule has 2 N–H and O–H groups in total. The van der Waals surface area contributed by atoms with E-state index in [2.05, 4.69) is 23.9 Å². The third-order valence-corrected chi connectivity index (χ3v) is 4.39. The smallest absolute Gasteiger partial charge is 0.387 e. The highest BCUT2D eigenvalue weighted by atomic mass is 19.3. The number of carbonyl (C=O) groups excluding carboxylic acids is 2. The van der Waals surface area contributed by atoms with E-state index in [0.717, 1.165) is 19.6 Å². The van der Waals surface area contributed by atoms with Crippen molar-refractivity contribution in [3.8, 4) is 5.75 Å². The number of halogens is 2. The molecule has 2 rings (SSSR count). The van der Waals surface area contributed by atoms with Crippen LogP contribution in [0.25, 0.3) is 0 Å². The molecule has 0 aliphatic carbocycles. The minimum Gasteiger partial charge on any atom is -0.456 e. The van der Waals surface area contributed by atoms with Crippen LogP contribution >= 0.6 is 0 Å². The maximum atomic E-state index is 12.3. The zero-order valence-electron chi connectivity index (χ0n) is 16.4. The van der Waals surface area contributed by atoms with Crippen molar-refractivity contribution in [2.24, 2.45) is 0 Å². The topological polar surface area (TPSA) is 69.1 Å². The summed E-state index contributed by atoms with van der Waals surface area (Å²) in [6, 6.07) is 11.8. The molecule has 0 saturated heterocycles. The summed E-state index contributed by atoms with van der Waals surface area (Å²) in [5.74, 6) is -1.01. The fraction of sp³-hybridized carbons (Fsp3) is 0.333. The number of carbonyl (C=O) groups is 2. The van der Waals surface area contributed by atoms with Gasteiger partial charge in [0.15, 0.2) is 0 Å². The van der Waals surface area contributed by atoms with E-state index in [1.54, 1.807) is 24.3 Å². The van der Waals surface area contributed by atoms with Crippen LogP contribution in [0.4, 0.5) is 14.5 Å². The molecule has 0 unspecified atom stereocenters. The standard InChI is InChI=1S/C21H24F2N2O4/c1-3-25(4-2)12-13-28-20(27)15-8-10-17(11-9-15)24-19(26)16-6-5-7-18(14-16)29-21(22)23/h5-11,14,21H,3-4,12-13H2,1-2H3,(H,24,26)/p+1. The van der Waals surface area contributed by atoms with Gasteiger partial charge in [-0.15, -0.1) is 0 Å². The number of rotatable bonds is 10. The number of esters is 1. The average Bonchev–Trinajstić information content (AvgIpc) is 2.71. The van der Waals surface area contributed by atoms with Gasteiger partial charge >= 0.3 is 12.6 Å². The van der Waals surface area contributed by atoms with Gasteiger partial charge in [0, 0.05) is 11.3 Å². The van der Waals surface area contributed by atoms with Gasteiger partial charge in [0.2, 0.25) is 0 Å². The molecule has 0 bridgehead atoms. The molecule has 0 aliphatic heterocycles. The van der Waals surface area contributed by atoms with Gasteiger partial charge in [0.1, 0.15) is 18.9 Å². The van der Waals surface area contributed by atoms with Gasteiger partial charge in [-0.3, -0.25) is 4.79 Å². The SMILES string of the molecule is CC[NH+](CC)CCOC(=O)c1ccc(NC(=O)c2cccc(OC(F)F)c2)cc1. The summed E-state index contributed by atoms with van der Waals surface area (Å²) in [5.41, 5.74) is 1.01. The number of hydrogen-bond donors (Lipinski definition) is 2. The summed E-state index contributed by atoms with van der Waals surface area (Å²) in [5, 5.41) is 2.64. The number of alkyl halides is 2. The van der Waals surface area contributed by atoms with Gasteiger partial charge in [0.05, 0.1) is 18.7 Å². The Morgan fingerprint density at radius 2 is 1.72 bits per heavy atom.